The monoisotopic (exact) mass is 251 g/mol. The van der Waals surface area contributed by atoms with E-state index < -0.39 is 0 Å². The van der Waals surface area contributed by atoms with Gasteiger partial charge in [-0.05, 0) is 51.3 Å². The van der Waals surface area contributed by atoms with Gasteiger partial charge in [0.05, 0.1) is 0 Å². The molecule has 0 aromatic heterocycles. The summed E-state index contributed by atoms with van der Waals surface area (Å²) in [5.41, 5.74) is 1.56. The van der Waals surface area contributed by atoms with Crippen molar-refractivity contribution in [1.29, 1.82) is 0 Å². The lowest BCUT2D eigenvalue weighted by Crippen LogP contribution is -2.42. The standard InChI is InChI=1S/C15H22ClN/c1-4-15(2,3)17-11-7-10-14(17)12-8-5-6-9-13(12)16/h5-6,8-9,14H,4,7,10-11H2,1-3H3. The van der Waals surface area contributed by atoms with Gasteiger partial charge in [-0.25, -0.2) is 0 Å². The fraction of sp³-hybridized carbons (Fsp3) is 0.600. The minimum Gasteiger partial charge on any atom is -0.291 e. The minimum absolute atomic E-state index is 0.264. The third kappa shape index (κ3) is 2.51. The van der Waals surface area contributed by atoms with Crippen molar-refractivity contribution in [3.63, 3.8) is 0 Å². The first kappa shape index (κ1) is 12.9. The van der Waals surface area contributed by atoms with E-state index in [2.05, 4.69) is 37.8 Å². The number of likely N-dealkylation sites (tertiary alicyclic amines) is 1. The molecule has 0 aliphatic carbocycles. The van der Waals surface area contributed by atoms with Gasteiger partial charge in [-0.1, -0.05) is 36.7 Å². The predicted octanol–water partition coefficient (Wildman–Crippen LogP) is 4.67. The molecular weight excluding hydrogens is 230 g/mol. The van der Waals surface area contributed by atoms with Crippen LogP contribution in [0.2, 0.25) is 5.02 Å². The minimum atomic E-state index is 0.264. The van der Waals surface area contributed by atoms with Crippen molar-refractivity contribution in [2.24, 2.45) is 0 Å². The van der Waals surface area contributed by atoms with Gasteiger partial charge in [0.15, 0.2) is 0 Å². The summed E-state index contributed by atoms with van der Waals surface area (Å²) in [7, 11) is 0. The normalized spacial score (nSPS) is 22.0. The van der Waals surface area contributed by atoms with Gasteiger partial charge in [0, 0.05) is 16.6 Å². The van der Waals surface area contributed by atoms with E-state index >= 15 is 0 Å². The van der Waals surface area contributed by atoms with Crippen LogP contribution in [0.4, 0.5) is 0 Å². The van der Waals surface area contributed by atoms with Crippen molar-refractivity contribution in [2.75, 3.05) is 6.54 Å². The van der Waals surface area contributed by atoms with Crippen LogP contribution in [-0.4, -0.2) is 17.0 Å². The maximum Gasteiger partial charge on any atom is 0.0453 e. The second-order valence-electron chi connectivity index (χ2n) is 5.54. The van der Waals surface area contributed by atoms with Crippen molar-refractivity contribution in [2.45, 2.75) is 51.6 Å². The molecule has 1 aliphatic rings. The lowest BCUT2D eigenvalue weighted by Gasteiger charge is -2.39. The molecule has 2 rings (SSSR count). The summed E-state index contributed by atoms with van der Waals surface area (Å²) in [5, 5.41) is 0.913. The molecule has 1 aromatic rings. The molecule has 0 radical (unpaired) electrons. The molecule has 0 saturated carbocycles. The van der Waals surface area contributed by atoms with E-state index in [0.29, 0.717) is 6.04 Å². The molecular formula is C15H22ClN. The summed E-state index contributed by atoms with van der Waals surface area (Å²) in [6.07, 6.45) is 3.68. The van der Waals surface area contributed by atoms with Crippen LogP contribution < -0.4 is 0 Å². The number of rotatable bonds is 3. The van der Waals surface area contributed by atoms with Crippen LogP contribution in [0.3, 0.4) is 0 Å². The fourth-order valence-corrected chi connectivity index (χ4v) is 3.02. The fourth-order valence-electron chi connectivity index (χ4n) is 2.76. The first-order valence-corrected chi connectivity index (χ1v) is 6.95. The Bertz CT molecular complexity index is 386. The molecule has 17 heavy (non-hydrogen) atoms. The summed E-state index contributed by atoms with van der Waals surface area (Å²) >= 11 is 6.34. The lowest BCUT2D eigenvalue weighted by molar-refractivity contribution is 0.101. The SMILES string of the molecule is CCC(C)(C)N1CCCC1c1ccccc1Cl. The Morgan fingerprint density at radius 1 is 1.35 bits per heavy atom. The summed E-state index contributed by atoms with van der Waals surface area (Å²) < 4.78 is 0. The zero-order valence-corrected chi connectivity index (χ0v) is 11.8. The first-order chi connectivity index (χ1) is 8.06. The van der Waals surface area contributed by atoms with Crippen molar-refractivity contribution in [1.82, 2.24) is 4.90 Å². The highest BCUT2D eigenvalue weighted by molar-refractivity contribution is 6.31. The van der Waals surface area contributed by atoms with Gasteiger partial charge in [-0.3, -0.25) is 4.90 Å². The molecule has 1 fully saturated rings. The zero-order valence-electron chi connectivity index (χ0n) is 11.0. The summed E-state index contributed by atoms with van der Waals surface area (Å²) in [6.45, 7) is 8.13. The van der Waals surface area contributed by atoms with Crippen molar-refractivity contribution >= 4 is 11.6 Å². The molecule has 0 spiro atoms. The first-order valence-electron chi connectivity index (χ1n) is 6.57. The molecule has 1 aliphatic heterocycles. The highest BCUT2D eigenvalue weighted by Gasteiger charge is 2.36. The number of benzene rings is 1. The van der Waals surface area contributed by atoms with Crippen LogP contribution in [-0.2, 0) is 0 Å². The number of hydrogen-bond donors (Lipinski definition) is 0. The third-order valence-electron chi connectivity index (χ3n) is 4.16. The van der Waals surface area contributed by atoms with Crippen LogP contribution in [0.5, 0.6) is 0 Å². The molecule has 0 N–H and O–H groups in total. The van der Waals surface area contributed by atoms with Gasteiger partial charge in [-0.15, -0.1) is 0 Å². The van der Waals surface area contributed by atoms with Crippen LogP contribution in [0.15, 0.2) is 24.3 Å². The van der Waals surface area contributed by atoms with Crippen LogP contribution in [0, 0.1) is 0 Å². The van der Waals surface area contributed by atoms with E-state index in [4.69, 9.17) is 11.6 Å². The smallest absolute Gasteiger partial charge is 0.0453 e. The molecule has 1 unspecified atom stereocenters. The van der Waals surface area contributed by atoms with E-state index in [-0.39, 0.29) is 5.54 Å². The molecule has 1 aromatic carbocycles. The number of hydrogen-bond acceptors (Lipinski definition) is 1. The molecule has 1 nitrogen and oxygen atoms in total. The summed E-state index contributed by atoms with van der Waals surface area (Å²) in [4.78, 5) is 2.62. The Hall–Kier alpha value is -0.530. The largest absolute Gasteiger partial charge is 0.291 e. The Morgan fingerprint density at radius 3 is 2.71 bits per heavy atom. The van der Waals surface area contributed by atoms with Gasteiger partial charge in [0.25, 0.3) is 0 Å². The van der Waals surface area contributed by atoms with Gasteiger partial charge in [-0.2, -0.15) is 0 Å². The molecule has 94 valence electrons. The Balaban J connectivity index is 2.29. The molecule has 2 heteroatoms. The number of nitrogens with zero attached hydrogens (tertiary/aromatic N) is 1. The van der Waals surface area contributed by atoms with Crippen LogP contribution in [0.25, 0.3) is 0 Å². The van der Waals surface area contributed by atoms with E-state index in [9.17, 15) is 0 Å². The van der Waals surface area contributed by atoms with E-state index in [1.54, 1.807) is 0 Å². The molecule has 0 bridgehead atoms. The molecule has 1 saturated heterocycles. The van der Waals surface area contributed by atoms with E-state index in [1.807, 2.05) is 12.1 Å². The maximum atomic E-state index is 6.34. The van der Waals surface area contributed by atoms with Crippen molar-refractivity contribution in [3.05, 3.63) is 34.9 Å². The Morgan fingerprint density at radius 2 is 2.06 bits per heavy atom. The Labute approximate surface area is 110 Å². The van der Waals surface area contributed by atoms with Gasteiger partial charge in [0.2, 0.25) is 0 Å². The van der Waals surface area contributed by atoms with Gasteiger partial charge in [0.1, 0.15) is 0 Å². The zero-order chi connectivity index (χ0) is 12.5. The van der Waals surface area contributed by atoms with E-state index in [1.165, 1.54) is 31.4 Å². The average Bonchev–Trinajstić information content (AvgIpc) is 2.79. The molecule has 0 amide bonds. The topological polar surface area (TPSA) is 3.24 Å². The van der Waals surface area contributed by atoms with Gasteiger partial charge < -0.3 is 0 Å². The summed E-state index contributed by atoms with van der Waals surface area (Å²) in [6, 6.07) is 8.79. The second-order valence-corrected chi connectivity index (χ2v) is 5.95. The average molecular weight is 252 g/mol. The highest BCUT2D eigenvalue weighted by atomic mass is 35.5. The Kier molecular flexibility index (Phi) is 3.79. The number of halogens is 1. The van der Waals surface area contributed by atoms with Crippen molar-refractivity contribution < 1.29 is 0 Å². The van der Waals surface area contributed by atoms with Gasteiger partial charge >= 0.3 is 0 Å². The lowest BCUT2D eigenvalue weighted by atomic mass is 9.95. The molecule has 1 heterocycles. The van der Waals surface area contributed by atoms with E-state index in [0.717, 1.165) is 5.02 Å². The predicted molar refractivity (Wildman–Crippen MR) is 74.5 cm³/mol. The van der Waals surface area contributed by atoms with Crippen LogP contribution >= 0.6 is 11.6 Å². The van der Waals surface area contributed by atoms with Crippen LogP contribution in [0.1, 0.15) is 51.6 Å². The molecule has 1 atom stereocenters. The maximum absolute atomic E-state index is 6.34. The second kappa shape index (κ2) is 4.99. The third-order valence-corrected chi connectivity index (χ3v) is 4.50. The highest BCUT2D eigenvalue weighted by Crippen LogP contribution is 2.40. The summed E-state index contributed by atoms with van der Waals surface area (Å²) in [5.74, 6) is 0. The van der Waals surface area contributed by atoms with Crippen molar-refractivity contribution in [3.8, 4) is 0 Å². The quantitative estimate of drug-likeness (QED) is 0.755.